The Kier molecular flexibility index (Phi) is 9.02. The van der Waals surface area contributed by atoms with Crippen molar-refractivity contribution in [3.8, 4) is 0 Å². The molecular formula is C27H32N4O. The third kappa shape index (κ3) is 7.36. The second kappa shape index (κ2) is 12.4. The minimum atomic E-state index is -0.0387. The molecule has 166 valence electrons. The van der Waals surface area contributed by atoms with E-state index in [1.54, 1.807) is 6.20 Å². The molecule has 0 aliphatic rings. The highest BCUT2D eigenvalue weighted by atomic mass is 16.1. The van der Waals surface area contributed by atoms with Gasteiger partial charge in [0.15, 0.2) is 0 Å². The van der Waals surface area contributed by atoms with Gasteiger partial charge in [0, 0.05) is 29.7 Å². The highest BCUT2D eigenvalue weighted by Crippen LogP contribution is 2.19. The molecule has 2 aromatic carbocycles. The van der Waals surface area contributed by atoms with Gasteiger partial charge in [-0.25, -0.2) is 0 Å². The van der Waals surface area contributed by atoms with E-state index in [-0.39, 0.29) is 5.91 Å². The van der Waals surface area contributed by atoms with Gasteiger partial charge in [-0.3, -0.25) is 9.78 Å². The van der Waals surface area contributed by atoms with Gasteiger partial charge in [0.2, 0.25) is 0 Å². The lowest BCUT2D eigenvalue weighted by Gasteiger charge is -2.17. The molecule has 5 heteroatoms. The summed E-state index contributed by atoms with van der Waals surface area (Å²) in [7, 11) is 0. The van der Waals surface area contributed by atoms with Crippen LogP contribution in [0.3, 0.4) is 0 Å². The lowest BCUT2D eigenvalue weighted by Crippen LogP contribution is -2.29. The number of carbonyl (C=O) groups is 1. The van der Waals surface area contributed by atoms with E-state index in [0.29, 0.717) is 12.1 Å². The summed E-state index contributed by atoms with van der Waals surface area (Å²) in [5.41, 5.74) is 4.54. The Morgan fingerprint density at radius 2 is 1.75 bits per heavy atom. The molecule has 32 heavy (non-hydrogen) atoms. The molecule has 3 aromatic rings. The molecule has 0 atom stereocenters. The van der Waals surface area contributed by atoms with Gasteiger partial charge in [0.05, 0.1) is 5.69 Å². The van der Waals surface area contributed by atoms with E-state index in [1.165, 1.54) is 0 Å². The van der Waals surface area contributed by atoms with Gasteiger partial charge in [-0.15, -0.1) is 0 Å². The zero-order valence-electron chi connectivity index (χ0n) is 18.9. The molecule has 0 unspecified atom stereocenters. The van der Waals surface area contributed by atoms with E-state index >= 15 is 0 Å². The van der Waals surface area contributed by atoms with Crippen LogP contribution in [0.15, 0.2) is 72.9 Å². The number of hydrogen-bond acceptors (Lipinski definition) is 4. The SMILES string of the molecule is CCN(CC)CCCNC(=O)c1cccc(Nc2ccc(C=Cc3ccccn3)cc2)c1. The number of anilines is 2. The predicted molar refractivity (Wildman–Crippen MR) is 134 cm³/mol. The van der Waals surface area contributed by atoms with E-state index in [4.69, 9.17) is 0 Å². The van der Waals surface area contributed by atoms with E-state index < -0.39 is 0 Å². The first-order chi connectivity index (χ1) is 15.7. The second-order valence-corrected chi connectivity index (χ2v) is 7.55. The van der Waals surface area contributed by atoms with Gasteiger partial charge in [-0.1, -0.05) is 44.2 Å². The lowest BCUT2D eigenvalue weighted by atomic mass is 10.1. The average molecular weight is 429 g/mol. The summed E-state index contributed by atoms with van der Waals surface area (Å²) in [5, 5.41) is 6.40. The summed E-state index contributed by atoms with van der Waals surface area (Å²) in [6.45, 7) is 8.09. The molecule has 0 saturated heterocycles. The fraction of sp³-hybridized carbons (Fsp3) is 0.259. The zero-order chi connectivity index (χ0) is 22.6. The molecule has 0 aliphatic carbocycles. The Labute approximate surface area is 191 Å². The lowest BCUT2D eigenvalue weighted by molar-refractivity contribution is 0.0952. The van der Waals surface area contributed by atoms with Crippen LogP contribution in [0.1, 0.15) is 41.9 Å². The number of pyridine rings is 1. The molecule has 1 heterocycles. The van der Waals surface area contributed by atoms with Crippen LogP contribution in [0.4, 0.5) is 11.4 Å². The average Bonchev–Trinajstić information content (AvgIpc) is 2.84. The van der Waals surface area contributed by atoms with Crippen LogP contribution >= 0.6 is 0 Å². The topological polar surface area (TPSA) is 57.3 Å². The second-order valence-electron chi connectivity index (χ2n) is 7.55. The first-order valence-electron chi connectivity index (χ1n) is 11.2. The molecular weight excluding hydrogens is 396 g/mol. The number of benzene rings is 2. The molecule has 0 radical (unpaired) electrons. The minimum absolute atomic E-state index is 0.0387. The highest BCUT2D eigenvalue weighted by Gasteiger charge is 2.06. The maximum absolute atomic E-state index is 12.5. The Morgan fingerprint density at radius 1 is 0.938 bits per heavy atom. The standard InChI is InChI=1S/C27H32N4O/c1-3-31(4-2)20-8-19-29-27(32)23-9-7-11-26(21-23)30-25-16-13-22(14-17-25)12-15-24-10-5-6-18-28-24/h5-7,9-18,21,30H,3-4,8,19-20H2,1-2H3,(H,29,32). The van der Waals surface area contributed by atoms with Crippen molar-refractivity contribution in [1.29, 1.82) is 0 Å². The number of amides is 1. The van der Waals surface area contributed by atoms with Crippen LogP contribution in [-0.2, 0) is 0 Å². The highest BCUT2D eigenvalue weighted by molar-refractivity contribution is 5.95. The number of carbonyl (C=O) groups excluding carboxylic acids is 1. The number of hydrogen-bond donors (Lipinski definition) is 2. The Hall–Kier alpha value is -3.44. The van der Waals surface area contributed by atoms with Gasteiger partial charge in [-0.2, -0.15) is 0 Å². The van der Waals surface area contributed by atoms with Crippen molar-refractivity contribution in [3.05, 3.63) is 89.7 Å². The van der Waals surface area contributed by atoms with Crippen LogP contribution in [0.2, 0.25) is 0 Å². The Balaban J connectivity index is 1.52. The summed E-state index contributed by atoms with van der Waals surface area (Å²) in [6.07, 6.45) is 6.77. The first-order valence-corrected chi connectivity index (χ1v) is 11.2. The van der Waals surface area contributed by atoms with E-state index in [2.05, 4.69) is 34.4 Å². The monoisotopic (exact) mass is 428 g/mol. The van der Waals surface area contributed by atoms with E-state index in [0.717, 1.165) is 48.7 Å². The quantitative estimate of drug-likeness (QED) is 0.398. The van der Waals surface area contributed by atoms with Crippen LogP contribution in [0.25, 0.3) is 12.2 Å². The van der Waals surface area contributed by atoms with Crippen LogP contribution in [0, 0.1) is 0 Å². The van der Waals surface area contributed by atoms with Crippen molar-refractivity contribution in [1.82, 2.24) is 15.2 Å². The summed E-state index contributed by atoms with van der Waals surface area (Å²) >= 11 is 0. The Morgan fingerprint density at radius 3 is 2.47 bits per heavy atom. The Bertz CT molecular complexity index is 996. The summed E-state index contributed by atoms with van der Waals surface area (Å²) < 4.78 is 0. The summed E-state index contributed by atoms with van der Waals surface area (Å²) in [5.74, 6) is -0.0387. The van der Waals surface area contributed by atoms with Crippen molar-refractivity contribution < 1.29 is 4.79 Å². The third-order valence-corrected chi connectivity index (χ3v) is 5.29. The molecule has 1 amide bonds. The van der Waals surface area contributed by atoms with Crippen LogP contribution in [-0.4, -0.2) is 42.0 Å². The van der Waals surface area contributed by atoms with E-state index in [9.17, 15) is 4.79 Å². The third-order valence-electron chi connectivity index (χ3n) is 5.29. The molecule has 1 aromatic heterocycles. The fourth-order valence-electron chi connectivity index (χ4n) is 3.39. The van der Waals surface area contributed by atoms with E-state index in [1.807, 2.05) is 78.9 Å². The molecule has 0 spiro atoms. The van der Waals surface area contributed by atoms with Gasteiger partial charge in [0.25, 0.3) is 5.91 Å². The van der Waals surface area contributed by atoms with Crippen LogP contribution < -0.4 is 10.6 Å². The minimum Gasteiger partial charge on any atom is -0.356 e. The molecule has 0 saturated carbocycles. The van der Waals surface area contributed by atoms with Crippen molar-refractivity contribution >= 4 is 29.4 Å². The maximum Gasteiger partial charge on any atom is 0.251 e. The van der Waals surface area contributed by atoms with Crippen molar-refractivity contribution in [2.24, 2.45) is 0 Å². The van der Waals surface area contributed by atoms with Crippen LogP contribution in [0.5, 0.6) is 0 Å². The normalized spacial score (nSPS) is 11.1. The molecule has 2 N–H and O–H groups in total. The summed E-state index contributed by atoms with van der Waals surface area (Å²) in [4.78, 5) is 19.2. The molecule has 0 aliphatic heterocycles. The molecule has 3 rings (SSSR count). The van der Waals surface area contributed by atoms with Gasteiger partial charge >= 0.3 is 0 Å². The number of nitrogens with zero attached hydrogens (tertiary/aromatic N) is 2. The van der Waals surface area contributed by atoms with Gasteiger partial charge in [0.1, 0.15) is 0 Å². The number of nitrogens with one attached hydrogen (secondary N) is 2. The number of rotatable bonds is 11. The molecule has 0 bridgehead atoms. The fourth-order valence-corrected chi connectivity index (χ4v) is 3.39. The maximum atomic E-state index is 12.5. The van der Waals surface area contributed by atoms with Crippen molar-refractivity contribution in [2.75, 3.05) is 31.5 Å². The van der Waals surface area contributed by atoms with Gasteiger partial charge < -0.3 is 15.5 Å². The van der Waals surface area contributed by atoms with Crippen molar-refractivity contribution in [2.45, 2.75) is 20.3 Å². The first kappa shape index (κ1) is 23.2. The smallest absolute Gasteiger partial charge is 0.251 e. The zero-order valence-corrected chi connectivity index (χ0v) is 18.9. The largest absolute Gasteiger partial charge is 0.356 e. The van der Waals surface area contributed by atoms with Gasteiger partial charge in [-0.05, 0) is 80.2 Å². The molecule has 5 nitrogen and oxygen atoms in total. The molecule has 0 fully saturated rings. The van der Waals surface area contributed by atoms with Crippen molar-refractivity contribution in [3.63, 3.8) is 0 Å². The number of aromatic nitrogens is 1. The summed E-state index contributed by atoms with van der Waals surface area (Å²) in [6, 6.07) is 21.6. The predicted octanol–water partition coefficient (Wildman–Crippen LogP) is 5.46.